The maximum absolute atomic E-state index is 10.5. The third-order valence-corrected chi connectivity index (χ3v) is 3.79. The highest BCUT2D eigenvalue weighted by Crippen LogP contribution is 2.34. The molecule has 0 aliphatic rings. The number of aryl methyl sites for hydroxylation is 1. The summed E-state index contributed by atoms with van der Waals surface area (Å²) in [5.41, 5.74) is 1.16. The molecule has 0 saturated carbocycles. The summed E-state index contributed by atoms with van der Waals surface area (Å²) >= 11 is 3.57. The molecule has 0 aromatic heterocycles. The molecule has 0 saturated heterocycles. The first-order chi connectivity index (χ1) is 10.1. The highest BCUT2D eigenvalue weighted by molar-refractivity contribution is 9.10. The van der Waals surface area contributed by atoms with Gasteiger partial charge in [-0.1, -0.05) is 22.4 Å². The van der Waals surface area contributed by atoms with Gasteiger partial charge in [-0.15, -0.1) is 0 Å². The van der Waals surface area contributed by atoms with Crippen LogP contribution in [0.15, 0.2) is 16.6 Å². The van der Waals surface area contributed by atoms with Gasteiger partial charge >= 0.3 is 5.97 Å². The Labute approximate surface area is 134 Å². The maximum atomic E-state index is 10.5. The van der Waals surface area contributed by atoms with Crippen LogP contribution in [0.1, 0.15) is 45.1 Å². The van der Waals surface area contributed by atoms with E-state index in [1.54, 1.807) is 0 Å². The molecule has 1 N–H and O–H groups in total. The molecule has 1 aromatic rings. The Hall–Kier alpha value is -1.23. The normalized spacial score (nSPS) is 10.4. The monoisotopic (exact) mass is 358 g/mol. The second-order valence-corrected chi connectivity index (χ2v) is 5.57. The van der Waals surface area contributed by atoms with Crippen molar-refractivity contribution in [2.24, 2.45) is 0 Å². The molecule has 1 rings (SSSR count). The lowest BCUT2D eigenvalue weighted by Gasteiger charge is -2.14. The molecule has 4 nitrogen and oxygen atoms in total. The van der Waals surface area contributed by atoms with Gasteiger partial charge in [0.25, 0.3) is 0 Å². The topological polar surface area (TPSA) is 55.8 Å². The highest BCUT2D eigenvalue weighted by atomic mass is 79.9. The molecule has 0 aliphatic heterocycles. The van der Waals surface area contributed by atoms with Crippen LogP contribution in [-0.4, -0.2) is 24.3 Å². The Kier molecular flexibility index (Phi) is 8.20. The van der Waals surface area contributed by atoms with Gasteiger partial charge < -0.3 is 14.6 Å². The zero-order valence-electron chi connectivity index (χ0n) is 12.7. The number of unbranched alkanes of at least 4 members (excludes halogenated alkanes) is 2. The van der Waals surface area contributed by atoms with Crippen LogP contribution in [0.4, 0.5) is 0 Å². The van der Waals surface area contributed by atoms with Crippen molar-refractivity contribution in [2.75, 3.05) is 13.2 Å². The zero-order valence-corrected chi connectivity index (χ0v) is 14.2. The number of carbonyl (C=O) groups is 1. The largest absolute Gasteiger partial charge is 0.490 e. The number of halogens is 1. The predicted molar refractivity (Wildman–Crippen MR) is 86.3 cm³/mol. The van der Waals surface area contributed by atoms with Gasteiger partial charge in [-0.25, -0.2) is 0 Å². The van der Waals surface area contributed by atoms with Crippen LogP contribution in [0.5, 0.6) is 11.5 Å². The van der Waals surface area contributed by atoms with Gasteiger partial charge in [-0.05, 0) is 50.8 Å². The molecule has 0 radical (unpaired) electrons. The van der Waals surface area contributed by atoms with Gasteiger partial charge in [0, 0.05) is 10.9 Å². The second kappa shape index (κ2) is 9.66. The molecular formula is C16H23BrO4. The summed E-state index contributed by atoms with van der Waals surface area (Å²) in [7, 11) is 0. The van der Waals surface area contributed by atoms with Crippen molar-refractivity contribution >= 4 is 21.9 Å². The van der Waals surface area contributed by atoms with E-state index in [-0.39, 0.29) is 6.42 Å². The molecule has 1 aromatic carbocycles. The van der Waals surface area contributed by atoms with Crippen LogP contribution < -0.4 is 9.47 Å². The first-order valence-corrected chi connectivity index (χ1v) is 8.17. The Bertz CT molecular complexity index is 460. The van der Waals surface area contributed by atoms with Gasteiger partial charge in [0.15, 0.2) is 11.5 Å². The van der Waals surface area contributed by atoms with Crippen LogP contribution in [0.2, 0.25) is 0 Å². The van der Waals surface area contributed by atoms with Crippen molar-refractivity contribution in [3.05, 3.63) is 22.2 Å². The molecule has 0 spiro atoms. The van der Waals surface area contributed by atoms with Crippen molar-refractivity contribution in [1.82, 2.24) is 0 Å². The lowest BCUT2D eigenvalue weighted by molar-refractivity contribution is -0.137. The lowest BCUT2D eigenvalue weighted by Crippen LogP contribution is -2.00. The van der Waals surface area contributed by atoms with E-state index in [0.29, 0.717) is 13.2 Å². The number of carboxylic acids is 1. The third-order valence-electron chi connectivity index (χ3n) is 3.05. The summed E-state index contributed by atoms with van der Waals surface area (Å²) < 4.78 is 12.2. The zero-order chi connectivity index (χ0) is 15.7. The Morgan fingerprint density at radius 3 is 2.29 bits per heavy atom. The number of ether oxygens (including phenoxy) is 2. The van der Waals surface area contributed by atoms with Crippen LogP contribution >= 0.6 is 15.9 Å². The minimum Gasteiger partial charge on any atom is -0.490 e. The van der Waals surface area contributed by atoms with Gasteiger partial charge in [-0.3, -0.25) is 4.79 Å². The van der Waals surface area contributed by atoms with E-state index in [2.05, 4.69) is 15.9 Å². The Balaban J connectivity index is 2.64. The molecule has 0 unspecified atom stereocenters. The lowest BCUT2D eigenvalue weighted by atomic mass is 10.1. The van der Waals surface area contributed by atoms with Gasteiger partial charge in [0.2, 0.25) is 0 Å². The number of hydrogen-bond acceptors (Lipinski definition) is 3. The van der Waals surface area contributed by atoms with Crippen molar-refractivity contribution < 1.29 is 19.4 Å². The molecule has 0 bridgehead atoms. The van der Waals surface area contributed by atoms with E-state index in [1.165, 1.54) is 0 Å². The van der Waals surface area contributed by atoms with Crippen molar-refractivity contribution in [3.8, 4) is 11.5 Å². The minimum atomic E-state index is -0.726. The van der Waals surface area contributed by atoms with E-state index in [9.17, 15) is 4.79 Å². The fourth-order valence-electron chi connectivity index (χ4n) is 2.07. The van der Waals surface area contributed by atoms with Crippen molar-refractivity contribution in [3.63, 3.8) is 0 Å². The van der Waals surface area contributed by atoms with Crippen LogP contribution in [0, 0.1) is 0 Å². The summed E-state index contributed by atoms with van der Waals surface area (Å²) in [4.78, 5) is 10.5. The second-order valence-electron chi connectivity index (χ2n) is 4.71. The quantitative estimate of drug-likeness (QED) is 0.628. The number of hydrogen-bond donors (Lipinski definition) is 1. The van der Waals surface area contributed by atoms with E-state index in [0.717, 1.165) is 47.2 Å². The van der Waals surface area contributed by atoms with E-state index < -0.39 is 5.97 Å². The summed E-state index contributed by atoms with van der Waals surface area (Å²) in [6.45, 7) is 5.09. The van der Waals surface area contributed by atoms with Crippen LogP contribution in [-0.2, 0) is 11.2 Å². The number of rotatable bonds is 10. The van der Waals surface area contributed by atoms with Gasteiger partial charge in [0.05, 0.1) is 13.2 Å². The van der Waals surface area contributed by atoms with Gasteiger partial charge in [-0.2, -0.15) is 0 Å². The summed E-state index contributed by atoms with van der Waals surface area (Å²) in [5.74, 6) is 0.791. The highest BCUT2D eigenvalue weighted by Gasteiger charge is 2.10. The standard InChI is InChI=1S/C16H23BrO4/c1-3-20-14-10-12(8-6-5-7-9-16(18)19)13(17)11-15(14)21-4-2/h10-11H,3-9H2,1-2H3,(H,18,19). The SMILES string of the molecule is CCOc1cc(Br)c(CCCCCC(=O)O)cc1OCC. The average molecular weight is 359 g/mol. The third kappa shape index (κ3) is 6.38. The van der Waals surface area contributed by atoms with E-state index in [1.807, 2.05) is 26.0 Å². The fourth-order valence-corrected chi connectivity index (χ4v) is 2.59. The Morgan fingerprint density at radius 2 is 1.71 bits per heavy atom. The average Bonchev–Trinajstić information content (AvgIpc) is 2.43. The first kappa shape index (κ1) is 17.8. The van der Waals surface area contributed by atoms with Crippen molar-refractivity contribution in [2.45, 2.75) is 46.0 Å². The maximum Gasteiger partial charge on any atom is 0.303 e. The van der Waals surface area contributed by atoms with Crippen LogP contribution in [0.3, 0.4) is 0 Å². The molecule has 0 fully saturated rings. The van der Waals surface area contributed by atoms with Crippen molar-refractivity contribution in [1.29, 1.82) is 0 Å². The molecule has 5 heteroatoms. The van der Waals surface area contributed by atoms with Crippen LogP contribution in [0.25, 0.3) is 0 Å². The molecule has 0 heterocycles. The molecule has 118 valence electrons. The number of aliphatic carboxylic acids is 1. The number of benzene rings is 1. The Morgan fingerprint density at radius 1 is 1.10 bits per heavy atom. The predicted octanol–water partition coefficient (Wildman–Crippen LogP) is 4.43. The number of carboxylic acid groups (broad SMARTS) is 1. The fraction of sp³-hybridized carbons (Fsp3) is 0.562. The van der Waals surface area contributed by atoms with E-state index >= 15 is 0 Å². The first-order valence-electron chi connectivity index (χ1n) is 7.38. The van der Waals surface area contributed by atoms with E-state index in [4.69, 9.17) is 14.6 Å². The smallest absolute Gasteiger partial charge is 0.303 e. The summed E-state index contributed by atoms with van der Waals surface area (Å²) in [6, 6.07) is 3.96. The molecule has 0 atom stereocenters. The summed E-state index contributed by atoms with van der Waals surface area (Å²) in [6.07, 6.45) is 3.74. The molecular weight excluding hydrogens is 336 g/mol. The summed E-state index contributed by atoms with van der Waals surface area (Å²) in [5, 5.41) is 8.61. The minimum absolute atomic E-state index is 0.245. The molecule has 0 aliphatic carbocycles. The molecule has 21 heavy (non-hydrogen) atoms. The molecule has 0 amide bonds. The van der Waals surface area contributed by atoms with Gasteiger partial charge in [0.1, 0.15) is 0 Å².